The zero-order valence-electron chi connectivity index (χ0n) is 12.0. The van der Waals surface area contributed by atoms with Crippen molar-refractivity contribution in [3.8, 4) is 5.75 Å². The highest BCUT2D eigenvalue weighted by Gasteiger charge is 2.23. The van der Waals surface area contributed by atoms with Gasteiger partial charge in [0, 0.05) is 37.0 Å². The Morgan fingerprint density at radius 1 is 1.35 bits per heavy atom. The predicted octanol–water partition coefficient (Wildman–Crippen LogP) is 3.31. The Morgan fingerprint density at radius 2 is 2.25 bits per heavy atom. The van der Waals surface area contributed by atoms with Crippen LogP contribution in [0.5, 0.6) is 5.75 Å². The van der Waals surface area contributed by atoms with Gasteiger partial charge in [-0.25, -0.2) is 0 Å². The molecule has 2 heterocycles. The fourth-order valence-electron chi connectivity index (χ4n) is 2.88. The molecule has 3 rings (SSSR count). The molecule has 1 N–H and O–H groups in total. The molecular formula is C17H20N2O. The minimum atomic E-state index is 0.361. The zero-order chi connectivity index (χ0) is 13.9. The monoisotopic (exact) mass is 268 g/mol. The SMILES string of the molecule is Cc1cc(C)c2c(c1)OCCC2NCc1cccnc1. The standard InChI is InChI=1S/C17H20N2O/c1-12-8-13(2)17-15(5-7-20-16(17)9-12)19-11-14-4-3-6-18-10-14/h3-4,6,8-10,15,19H,5,7,11H2,1-2H3. The first-order chi connectivity index (χ1) is 9.74. The van der Waals surface area contributed by atoms with E-state index < -0.39 is 0 Å². The van der Waals surface area contributed by atoms with Crippen molar-refractivity contribution in [2.24, 2.45) is 0 Å². The average molecular weight is 268 g/mol. The number of benzene rings is 1. The number of nitrogens with zero attached hydrogens (tertiary/aromatic N) is 1. The van der Waals surface area contributed by atoms with Crippen molar-refractivity contribution in [1.29, 1.82) is 0 Å². The Bertz CT molecular complexity index is 595. The lowest BCUT2D eigenvalue weighted by atomic mass is 9.94. The summed E-state index contributed by atoms with van der Waals surface area (Å²) in [6, 6.07) is 8.80. The van der Waals surface area contributed by atoms with Crippen molar-refractivity contribution in [3.63, 3.8) is 0 Å². The Morgan fingerprint density at radius 3 is 3.05 bits per heavy atom. The van der Waals surface area contributed by atoms with E-state index in [1.165, 1.54) is 22.3 Å². The van der Waals surface area contributed by atoms with Gasteiger partial charge in [-0.1, -0.05) is 12.1 Å². The number of hydrogen-bond donors (Lipinski definition) is 1. The highest BCUT2D eigenvalue weighted by Crippen LogP contribution is 2.35. The van der Waals surface area contributed by atoms with Gasteiger partial charge in [-0.05, 0) is 42.7 Å². The highest BCUT2D eigenvalue weighted by atomic mass is 16.5. The summed E-state index contributed by atoms with van der Waals surface area (Å²) in [5.74, 6) is 1.04. The predicted molar refractivity (Wildman–Crippen MR) is 79.8 cm³/mol. The van der Waals surface area contributed by atoms with Gasteiger partial charge in [-0.3, -0.25) is 4.98 Å². The van der Waals surface area contributed by atoms with Crippen LogP contribution in [0.1, 0.15) is 34.7 Å². The molecule has 20 heavy (non-hydrogen) atoms. The van der Waals surface area contributed by atoms with E-state index >= 15 is 0 Å². The molecule has 0 fully saturated rings. The molecular weight excluding hydrogens is 248 g/mol. The van der Waals surface area contributed by atoms with Crippen LogP contribution < -0.4 is 10.1 Å². The van der Waals surface area contributed by atoms with Crippen molar-refractivity contribution in [1.82, 2.24) is 10.3 Å². The third kappa shape index (κ3) is 2.68. The second-order valence-corrected chi connectivity index (χ2v) is 5.43. The first-order valence-corrected chi connectivity index (χ1v) is 7.10. The van der Waals surface area contributed by atoms with Crippen LogP contribution in [0.25, 0.3) is 0 Å². The molecule has 0 amide bonds. The topological polar surface area (TPSA) is 34.1 Å². The van der Waals surface area contributed by atoms with Crippen LogP contribution in [-0.2, 0) is 6.54 Å². The second-order valence-electron chi connectivity index (χ2n) is 5.43. The molecule has 0 spiro atoms. The van der Waals surface area contributed by atoms with E-state index in [0.717, 1.165) is 25.3 Å². The van der Waals surface area contributed by atoms with Gasteiger partial charge in [0.15, 0.2) is 0 Å². The van der Waals surface area contributed by atoms with E-state index in [9.17, 15) is 0 Å². The molecule has 1 aromatic heterocycles. The van der Waals surface area contributed by atoms with Crippen LogP contribution in [0.2, 0.25) is 0 Å². The fraction of sp³-hybridized carbons (Fsp3) is 0.353. The fourth-order valence-corrected chi connectivity index (χ4v) is 2.88. The van der Waals surface area contributed by atoms with Crippen LogP contribution in [0.3, 0.4) is 0 Å². The first-order valence-electron chi connectivity index (χ1n) is 7.10. The Balaban J connectivity index is 1.80. The van der Waals surface area contributed by atoms with Crippen LogP contribution in [0, 0.1) is 13.8 Å². The molecule has 104 valence electrons. The maximum absolute atomic E-state index is 5.82. The van der Waals surface area contributed by atoms with Crippen LogP contribution in [-0.4, -0.2) is 11.6 Å². The molecule has 1 unspecified atom stereocenters. The largest absolute Gasteiger partial charge is 0.493 e. The van der Waals surface area contributed by atoms with Gasteiger partial charge in [-0.2, -0.15) is 0 Å². The number of ether oxygens (including phenoxy) is 1. The van der Waals surface area contributed by atoms with Gasteiger partial charge < -0.3 is 10.1 Å². The molecule has 0 saturated heterocycles. The van der Waals surface area contributed by atoms with Gasteiger partial charge in [0.2, 0.25) is 0 Å². The molecule has 3 nitrogen and oxygen atoms in total. The molecule has 0 radical (unpaired) electrons. The summed E-state index contributed by atoms with van der Waals surface area (Å²) in [5, 5.41) is 3.63. The molecule has 0 saturated carbocycles. The van der Waals surface area contributed by atoms with Crippen molar-refractivity contribution in [2.75, 3.05) is 6.61 Å². The van der Waals surface area contributed by atoms with Gasteiger partial charge in [-0.15, -0.1) is 0 Å². The normalized spacial score (nSPS) is 17.4. The van der Waals surface area contributed by atoms with Gasteiger partial charge >= 0.3 is 0 Å². The lowest BCUT2D eigenvalue weighted by molar-refractivity contribution is 0.251. The Kier molecular flexibility index (Phi) is 3.70. The van der Waals surface area contributed by atoms with Gasteiger partial charge in [0.05, 0.1) is 6.61 Å². The molecule has 2 aromatic rings. The number of hydrogen-bond acceptors (Lipinski definition) is 3. The lowest BCUT2D eigenvalue weighted by Crippen LogP contribution is -2.27. The minimum absolute atomic E-state index is 0.361. The summed E-state index contributed by atoms with van der Waals surface area (Å²) in [6.07, 6.45) is 4.73. The number of fused-ring (bicyclic) bond motifs is 1. The molecule has 0 aliphatic carbocycles. The van der Waals surface area contributed by atoms with Crippen molar-refractivity contribution in [3.05, 3.63) is 58.9 Å². The summed E-state index contributed by atoms with van der Waals surface area (Å²) in [4.78, 5) is 4.16. The van der Waals surface area contributed by atoms with E-state index in [-0.39, 0.29) is 0 Å². The van der Waals surface area contributed by atoms with Crippen molar-refractivity contribution in [2.45, 2.75) is 32.9 Å². The molecule has 3 heteroatoms. The lowest BCUT2D eigenvalue weighted by Gasteiger charge is -2.29. The Labute approximate surface area is 120 Å². The van der Waals surface area contributed by atoms with Crippen LogP contribution >= 0.6 is 0 Å². The summed E-state index contributed by atoms with van der Waals surface area (Å²) < 4.78 is 5.82. The number of aryl methyl sites for hydroxylation is 2. The summed E-state index contributed by atoms with van der Waals surface area (Å²) in [7, 11) is 0. The first kappa shape index (κ1) is 13.1. The smallest absolute Gasteiger partial charge is 0.124 e. The second kappa shape index (κ2) is 5.63. The minimum Gasteiger partial charge on any atom is -0.493 e. The summed E-state index contributed by atoms with van der Waals surface area (Å²) in [5.41, 5.74) is 5.09. The third-order valence-electron chi connectivity index (χ3n) is 3.78. The zero-order valence-corrected chi connectivity index (χ0v) is 12.0. The number of nitrogens with one attached hydrogen (secondary N) is 1. The van der Waals surface area contributed by atoms with E-state index in [1.54, 1.807) is 6.20 Å². The maximum atomic E-state index is 5.82. The molecule has 0 bridgehead atoms. The van der Waals surface area contributed by atoms with E-state index in [4.69, 9.17) is 4.74 Å². The van der Waals surface area contributed by atoms with E-state index in [0.29, 0.717) is 6.04 Å². The summed E-state index contributed by atoms with van der Waals surface area (Å²) >= 11 is 0. The number of rotatable bonds is 3. The van der Waals surface area contributed by atoms with Crippen molar-refractivity contribution >= 4 is 0 Å². The van der Waals surface area contributed by atoms with E-state index in [1.807, 2.05) is 12.3 Å². The molecule has 1 aliphatic heterocycles. The van der Waals surface area contributed by atoms with Crippen molar-refractivity contribution < 1.29 is 4.74 Å². The van der Waals surface area contributed by atoms with Gasteiger partial charge in [0.25, 0.3) is 0 Å². The number of aromatic nitrogens is 1. The highest BCUT2D eigenvalue weighted by molar-refractivity contribution is 5.46. The Hall–Kier alpha value is -1.87. The number of pyridine rings is 1. The average Bonchev–Trinajstić information content (AvgIpc) is 2.45. The summed E-state index contributed by atoms with van der Waals surface area (Å²) in [6.45, 7) is 5.90. The molecule has 1 aromatic carbocycles. The third-order valence-corrected chi connectivity index (χ3v) is 3.78. The van der Waals surface area contributed by atoms with E-state index in [2.05, 4.69) is 42.3 Å². The molecule has 1 atom stereocenters. The van der Waals surface area contributed by atoms with Crippen LogP contribution in [0.4, 0.5) is 0 Å². The van der Waals surface area contributed by atoms with Gasteiger partial charge in [0.1, 0.15) is 5.75 Å². The van der Waals surface area contributed by atoms with Crippen LogP contribution in [0.15, 0.2) is 36.7 Å². The maximum Gasteiger partial charge on any atom is 0.124 e. The quantitative estimate of drug-likeness (QED) is 0.927. The molecule has 1 aliphatic rings.